The van der Waals surface area contributed by atoms with Crippen molar-refractivity contribution in [3.05, 3.63) is 35.2 Å². The zero-order valence-electron chi connectivity index (χ0n) is 23.3. The van der Waals surface area contributed by atoms with Gasteiger partial charge in [-0.3, -0.25) is 24.4 Å². The lowest BCUT2D eigenvalue weighted by molar-refractivity contribution is -0.122. The molecule has 1 saturated heterocycles. The lowest BCUT2D eigenvalue weighted by Gasteiger charge is -2.23. The van der Waals surface area contributed by atoms with Crippen LogP contribution in [0.1, 0.15) is 59.7 Å². The van der Waals surface area contributed by atoms with Crippen LogP contribution in [0.15, 0.2) is 18.2 Å². The molecule has 1 aliphatic rings. The molecule has 0 spiro atoms. The number of hydrogen-bond acceptors (Lipinski definition) is 8. The predicted octanol–water partition coefficient (Wildman–Crippen LogP) is 1.59. The van der Waals surface area contributed by atoms with E-state index >= 15 is 0 Å². The van der Waals surface area contributed by atoms with E-state index in [9.17, 15) is 14.4 Å². The monoisotopic (exact) mass is 554 g/mol. The van der Waals surface area contributed by atoms with Crippen LogP contribution < -0.4 is 26.4 Å². The number of fused-ring (bicyclic) bond motifs is 1. The van der Waals surface area contributed by atoms with Crippen molar-refractivity contribution in [1.82, 2.24) is 30.0 Å². The smallest absolute Gasteiger partial charge is 0.276 e. The van der Waals surface area contributed by atoms with Crippen LogP contribution in [0, 0.1) is 6.92 Å². The fraction of sp³-hybridized carbons (Fsp3) is 0.519. The number of aromatic nitrogens is 4. The number of carbonyl (C=O) groups excluding carboxylic acids is 3. The van der Waals surface area contributed by atoms with E-state index in [1.54, 1.807) is 22.9 Å². The normalized spacial score (nSPS) is 15.2. The number of anilines is 1. The first-order chi connectivity index (χ1) is 19.3. The number of nitrogens with two attached hydrogens (primary N) is 1. The van der Waals surface area contributed by atoms with Crippen molar-refractivity contribution in [2.24, 2.45) is 5.73 Å². The van der Waals surface area contributed by atoms with Gasteiger partial charge in [-0.05, 0) is 44.9 Å². The first kappa shape index (κ1) is 29.0. The summed E-state index contributed by atoms with van der Waals surface area (Å²) in [7, 11) is 0. The lowest BCUT2D eigenvalue weighted by Crippen LogP contribution is -2.44. The standard InChI is InChI=1S/C27H38N8O5/c1-4-9-34-24-20(31-27(34)32-26(38)21-12-17(3)33-35(21)5-2)13-18(25(28)37)14-22(24)40-10-6-7-30-23(36)15-19-16-39-11-8-29-19/h12-14,19,29H,4-11,15-16H2,1-3H3,(H2,28,37)(H,30,36)(H,31,32,38)/t19-/m1/s1. The highest BCUT2D eigenvalue weighted by atomic mass is 16.5. The van der Waals surface area contributed by atoms with Crippen molar-refractivity contribution in [3.8, 4) is 5.75 Å². The van der Waals surface area contributed by atoms with Crippen molar-refractivity contribution in [3.63, 3.8) is 0 Å². The second-order valence-corrected chi connectivity index (χ2v) is 9.72. The summed E-state index contributed by atoms with van der Waals surface area (Å²) in [6, 6.07) is 4.93. The van der Waals surface area contributed by atoms with Gasteiger partial charge in [0.1, 0.15) is 17.0 Å². The van der Waals surface area contributed by atoms with Gasteiger partial charge in [0.05, 0.1) is 31.0 Å². The number of benzene rings is 1. The van der Waals surface area contributed by atoms with Crippen molar-refractivity contribution in [2.75, 3.05) is 38.2 Å². The summed E-state index contributed by atoms with van der Waals surface area (Å²) in [4.78, 5) is 42.1. The zero-order chi connectivity index (χ0) is 28.6. The molecule has 0 aliphatic carbocycles. The van der Waals surface area contributed by atoms with Crippen molar-refractivity contribution in [2.45, 2.75) is 59.2 Å². The Labute approximate surface area is 232 Å². The summed E-state index contributed by atoms with van der Waals surface area (Å²) < 4.78 is 15.0. The number of rotatable bonds is 13. The molecular formula is C27H38N8O5. The number of ether oxygens (including phenoxy) is 2. The molecule has 3 amide bonds. The molecule has 0 saturated carbocycles. The number of nitrogens with zero attached hydrogens (tertiary/aromatic N) is 4. The van der Waals surface area contributed by atoms with E-state index in [4.69, 9.17) is 15.2 Å². The lowest BCUT2D eigenvalue weighted by atomic mass is 10.1. The Hall–Kier alpha value is -3.97. The zero-order valence-corrected chi connectivity index (χ0v) is 23.3. The predicted molar refractivity (Wildman–Crippen MR) is 149 cm³/mol. The Kier molecular flexibility index (Phi) is 9.72. The third kappa shape index (κ3) is 6.96. The maximum Gasteiger partial charge on any atom is 0.276 e. The molecule has 216 valence electrons. The summed E-state index contributed by atoms with van der Waals surface area (Å²) in [6.07, 6.45) is 1.67. The molecule has 1 fully saturated rings. The highest BCUT2D eigenvalue weighted by Gasteiger charge is 2.22. The molecule has 3 heterocycles. The number of morpholine rings is 1. The van der Waals surface area contributed by atoms with E-state index in [1.165, 1.54) is 0 Å². The molecule has 13 heteroatoms. The van der Waals surface area contributed by atoms with Crippen molar-refractivity contribution in [1.29, 1.82) is 0 Å². The number of aryl methyl sites for hydroxylation is 3. The number of primary amides is 1. The first-order valence-corrected chi connectivity index (χ1v) is 13.7. The Bertz CT molecular complexity index is 1360. The Balaban J connectivity index is 1.49. The van der Waals surface area contributed by atoms with Crippen LogP contribution in [-0.4, -0.2) is 76.0 Å². The molecule has 0 unspecified atom stereocenters. The van der Waals surface area contributed by atoms with Gasteiger partial charge < -0.3 is 30.4 Å². The second-order valence-electron chi connectivity index (χ2n) is 9.72. The topological polar surface area (TPSA) is 167 Å². The minimum absolute atomic E-state index is 0.0231. The molecule has 40 heavy (non-hydrogen) atoms. The van der Waals surface area contributed by atoms with E-state index in [0.29, 0.717) is 74.1 Å². The summed E-state index contributed by atoms with van der Waals surface area (Å²) >= 11 is 0. The first-order valence-electron chi connectivity index (χ1n) is 13.7. The maximum absolute atomic E-state index is 13.1. The highest BCUT2D eigenvalue weighted by molar-refractivity contribution is 6.04. The third-order valence-electron chi connectivity index (χ3n) is 6.53. The summed E-state index contributed by atoms with van der Waals surface area (Å²) in [5.74, 6) is -0.239. The summed E-state index contributed by atoms with van der Waals surface area (Å²) in [6.45, 7) is 9.52. The molecule has 3 aromatic rings. The molecule has 4 rings (SSSR count). The van der Waals surface area contributed by atoms with Crippen LogP contribution in [0.5, 0.6) is 5.75 Å². The number of carbonyl (C=O) groups is 3. The maximum atomic E-state index is 13.1. The van der Waals surface area contributed by atoms with E-state index in [0.717, 1.165) is 18.7 Å². The van der Waals surface area contributed by atoms with Gasteiger partial charge in [-0.25, -0.2) is 4.98 Å². The average molecular weight is 555 g/mol. The van der Waals surface area contributed by atoms with Crippen molar-refractivity contribution >= 4 is 34.7 Å². The molecule has 5 N–H and O–H groups in total. The van der Waals surface area contributed by atoms with Crippen LogP contribution in [-0.2, 0) is 22.6 Å². The summed E-state index contributed by atoms with van der Waals surface area (Å²) in [5, 5.41) is 13.4. The van der Waals surface area contributed by atoms with Gasteiger partial charge in [0.25, 0.3) is 5.91 Å². The SMILES string of the molecule is CCCn1c(NC(=O)c2cc(C)nn2CC)nc2cc(C(N)=O)cc(OCCCNC(=O)C[C@@H]3COCCN3)c21. The summed E-state index contributed by atoms with van der Waals surface area (Å²) in [5.41, 5.74) is 8.13. The number of imidazole rings is 1. The second kappa shape index (κ2) is 13.4. The van der Waals surface area contributed by atoms with Gasteiger partial charge in [-0.15, -0.1) is 0 Å². The Morgan fingerprint density at radius 3 is 2.77 bits per heavy atom. The fourth-order valence-electron chi connectivity index (χ4n) is 4.68. The van der Waals surface area contributed by atoms with Gasteiger partial charge in [0.2, 0.25) is 17.8 Å². The van der Waals surface area contributed by atoms with Crippen molar-refractivity contribution < 1.29 is 23.9 Å². The third-order valence-corrected chi connectivity index (χ3v) is 6.53. The molecule has 0 bridgehead atoms. The van der Waals surface area contributed by atoms with E-state index < -0.39 is 5.91 Å². The molecule has 1 atom stereocenters. The fourth-order valence-corrected chi connectivity index (χ4v) is 4.68. The molecule has 1 aromatic carbocycles. The van der Waals surface area contributed by atoms with Gasteiger partial charge in [0.15, 0.2) is 0 Å². The van der Waals surface area contributed by atoms with Crippen LogP contribution in [0.2, 0.25) is 0 Å². The highest BCUT2D eigenvalue weighted by Crippen LogP contribution is 2.31. The largest absolute Gasteiger partial charge is 0.491 e. The van der Waals surface area contributed by atoms with Gasteiger partial charge in [-0.2, -0.15) is 5.10 Å². The van der Waals surface area contributed by atoms with Gasteiger partial charge in [0, 0.05) is 44.2 Å². The van der Waals surface area contributed by atoms with E-state index in [2.05, 4.69) is 26.0 Å². The van der Waals surface area contributed by atoms with Crippen LogP contribution in [0.4, 0.5) is 5.95 Å². The van der Waals surface area contributed by atoms with Crippen LogP contribution in [0.25, 0.3) is 11.0 Å². The van der Waals surface area contributed by atoms with Crippen LogP contribution in [0.3, 0.4) is 0 Å². The van der Waals surface area contributed by atoms with E-state index in [-0.39, 0.29) is 30.0 Å². The Morgan fingerprint density at radius 2 is 2.08 bits per heavy atom. The molecule has 1 aliphatic heterocycles. The number of amides is 3. The number of nitrogens with one attached hydrogen (secondary N) is 3. The quantitative estimate of drug-likeness (QED) is 0.231. The van der Waals surface area contributed by atoms with Gasteiger partial charge >= 0.3 is 0 Å². The molecule has 2 aromatic heterocycles. The molecule has 13 nitrogen and oxygen atoms in total. The Morgan fingerprint density at radius 1 is 1.25 bits per heavy atom. The van der Waals surface area contributed by atoms with Crippen LogP contribution >= 0.6 is 0 Å². The van der Waals surface area contributed by atoms with Gasteiger partial charge in [-0.1, -0.05) is 6.92 Å². The molecule has 0 radical (unpaired) electrons. The van der Waals surface area contributed by atoms with E-state index in [1.807, 2.05) is 25.3 Å². The minimum Gasteiger partial charge on any atom is -0.491 e. The number of hydrogen-bond donors (Lipinski definition) is 4. The average Bonchev–Trinajstić information content (AvgIpc) is 3.48. The minimum atomic E-state index is -0.614. The molecular weight excluding hydrogens is 516 g/mol.